The summed E-state index contributed by atoms with van der Waals surface area (Å²) in [7, 11) is 1.64. The van der Waals surface area contributed by atoms with Gasteiger partial charge in [-0.1, -0.05) is 37.5 Å². The van der Waals surface area contributed by atoms with Crippen LogP contribution in [0, 0.1) is 5.92 Å². The minimum absolute atomic E-state index is 0.00691. The smallest absolute Gasteiger partial charge is 0.253 e. The maximum absolute atomic E-state index is 13.1. The van der Waals surface area contributed by atoms with Gasteiger partial charge in [0.1, 0.15) is 5.75 Å². The number of para-hydroxylation sites is 1. The van der Waals surface area contributed by atoms with Gasteiger partial charge in [-0.25, -0.2) is 0 Å². The van der Waals surface area contributed by atoms with Crippen LogP contribution in [0.25, 0.3) is 11.6 Å². The second-order valence-corrected chi connectivity index (χ2v) is 6.99. The molecule has 0 bridgehead atoms. The molecule has 0 atom stereocenters. The molecule has 0 saturated heterocycles. The Morgan fingerprint density at radius 1 is 1.21 bits per heavy atom. The minimum Gasteiger partial charge on any atom is -0.496 e. The largest absolute Gasteiger partial charge is 0.496 e. The van der Waals surface area contributed by atoms with Crippen LogP contribution < -0.4 is 10.1 Å². The summed E-state index contributed by atoms with van der Waals surface area (Å²) in [6.45, 7) is 0.470. The second-order valence-electron chi connectivity index (χ2n) is 6.99. The van der Waals surface area contributed by atoms with Crippen LogP contribution in [0.15, 0.2) is 47.1 Å². The highest BCUT2D eigenvalue weighted by Crippen LogP contribution is 2.27. The Bertz CT molecular complexity index is 927. The van der Waals surface area contributed by atoms with Crippen LogP contribution in [0.5, 0.6) is 5.75 Å². The number of anilines is 1. The van der Waals surface area contributed by atoms with Gasteiger partial charge in [0.15, 0.2) is 5.76 Å². The molecule has 0 unspecified atom stereocenters. The van der Waals surface area contributed by atoms with Crippen molar-refractivity contribution in [3.63, 3.8) is 0 Å². The molecular weight excluding hydrogens is 356 g/mol. The average Bonchev–Trinajstić information content (AvgIpc) is 3.42. The van der Waals surface area contributed by atoms with Crippen molar-refractivity contribution in [1.82, 2.24) is 14.8 Å². The number of carbonyl (C=O) groups excluding carboxylic acids is 1. The molecular formula is C21H24N4O3. The lowest BCUT2D eigenvalue weighted by Gasteiger charge is -2.20. The van der Waals surface area contributed by atoms with E-state index < -0.39 is 0 Å². The van der Waals surface area contributed by atoms with Gasteiger partial charge in [0, 0.05) is 18.0 Å². The van der Waals surface area contributed by atoms with Gasteiger partial charge in [-0.15, -0.1) is 5.10 Å². The quantitative estimate of drug-likeness (QED) is 0.683. The predicted octanol–water partition coefficient (Wildman–Crippen LogP) is 4.38. The van der Waals surface area contributed by atoms with Gasteiger partial charge in [-0.3, -0.25) is 4.79 Å². The zero-order valence-corrected chi connectivity index (χ0v) is 15.9. The van der Waals surface area contributed by atoms with Crippen LogP contribution >= 0.6 is 0 Å². The predicted molar refractivity (Wildman–Crippen MR) is 105 cm³/mol. The van der Waals surface area contributed by atoms with E-state index in [4.69, 9.17) is 9.15 Å². The highest BCUT2D eigenvalue weighted by molar-refractivity contribution is 5.83. The first kappa shape index (κ1) is 18.3. The van der Waals surface area contributed by atoms with Gasteiger partial charge in [0.2, 0.25) is 11.8 Å². The summed E-state index contributed by atoms with van der Waals surface area (Å²) in [4.78, 5) is 17.6. The fourth-order valence-corrected chi connectivity index (χ4v) is 3.64. The molecule has 2 heterocycles. The van der Waals surface area contributed by atoms with Crippen molar-refractivity contribution in [2.45, 2.75) is 38.6 Å². The SMILES string of the molecule is COc1ccccc1CNc1nc(-c2ccco2)nn1C(=O)C1CCCCC1. The first-order chi connectivity index (χ1) is 13.8. The number of rotatable bonds is 6. The van der Waals surface area contributed by atoms with E-state index in [0.29, 0.717) is 24.1 Å². The molecule has 0 radical (unpaired) electrons. The summed E-state index contributed by atoms with van der Waals surface area (Å²) in [5, 5.41) is 7.70. The zero-order chi connectivity index (χ0) is 19.3. The molecule has 1 fully saturated rings. The minimum atomic E-state index is -0.00767. The second kappa shape index (κ2) is 8.29. The maximum atomic E-state index is 13.1. The summed E-state index contributed by atoms with van der Waals surface area (Å²) in [5.41, 5.74) is 0.976. The van der Waals surface area contributed by atoms with Crippen molar-refractivity contribution in [3.05, 3.63) is 48.2 Å². The molecule has 0 amide bonds. The summed E-state index contributed by atoms with van der Waals surface area (Å²) < 4.78 is 12.2. The zero-order valence-electron chi connectivity index (χ0n) is 15.9. The normalized spacial score (nSPS) is 14.8. The summed E-state index contributed by atoms with van der Waals surface area (Å²) in [5.74, 6) is 2.13. The molecule has 28 heavy (non-hydrogen) atoms. The van der Waals surface area contributed by atoms with Crippen molar-refractivity contribution in [2.24, 2.45) is 5.92 Å². The highest BCUT2D eigenvalue weighted by Gasteiger charge is 2.27. The molecule has 0 aliphatic heterocycles. The number of aromatic nitrogens is 3. The average molecular weight is 380 g/mol. The van der Waals surface area contributed by atoms with Crippen LogP contribution in [-0.4, -0.2) is 27.8 Å². The number of furan rings is 1. The molecule has 146 valence electrons. The number of benzene rings is 1. The lowest BCUT2D eigenvalue weighted by Crippen LogP contribution is -2.26. The van der Waals surface area contributed by atoms with Crippen molar-refractivity contribution < 1.29 is 13.9 Å². The van der Waals surface area contributed by atoms with Gasteiger partial charge in [0.05, 0.1) is 13.4 Å². The Labute approximate surface area is 163 Å². The Morgan fingerprint density at radius 3 is 2.79 bits per heavy atom. The number of hydrogen-bond donors (Lipinski definition) is 1. The fraction of sp³-hybridized carbons (Fsp3) is 0.381. The van der Waals surface area contributed by atoms with Crippen molar-refractivity contribution in [1.29, 1.82) is 0 Å². The summed E-state index contributed by atoms with van der Waals surface area (Å²) in [6.07, 6.45) is 6.74. The van der Waals surface area contributed by atoms with Gasteiger partial charge in [-0.2, -0.15) is 9.67 Å². The van der Waals surface area contributed by atoms with E-state index in [9.17, 15) is 4.79 Å². The molecule has 1 aliphatic carbocycles. The van der Waals surface area contributed by atoms with Crippen molar-refractivity contribution in [3.8, 4) is 17.3 Å². The van der Waals surface area contributed by atoms with Crippen LogP contribution in [0.2, 0.25) is 0 Å². The van der Waals surface area contributed by atoms with Crippen LogP contribution in [-0.2, 0) is 6.54 Å². The molecule has 2 aromatic heterocycles. The summed E-state index contributed by atoms with van der Waals surface area (Å²) >= 11 is 0. The fourth-order valence-electron chi connectivity index (χ4n) is 3.64. The Hall–Kier alpha value is -3.09. The Morgan fingerprint density at radius 2 is 2.04 bits per heavy atom. The van der Waals surface area contributed by atoms with Gasteiger partial charge in [-0.05, 0) is 31.0 Å². The van der Waals surface area contributed by atoms with Crippen molar-refractivity contribution in [2.75, 3.05) is 12.4 Å². The van der Waals surface area contributed by atoms with E-state index in [1.54, 1.807) is 25.5 Å². The van der Waals surface area contributed by atoms with Crippen LogP contribution in [0.4, 0.5) is 5.95 Å². The maximum Gasteiger partial charge on any atom is 0.253 e. The number of nitrogens with zero attached hydrogens (tertiary/aromatic N) is 3. The molecule has 1 N–H and O–H groups in total. The summed E-state index contributed by atoms with van der Waals surface area (Å²) in [6, 6.07) is 11.3. The third-order valence-electron chi connectivity index (χ3n) is 5.14. The number of ether oxygens (including phenoxy) is 1. The number of hydrogen-bond acceptors (Lipinski definition) is 6. The van der Waals surface area contributed by atoms with E-state index in [1.807, 2.05) is 24.3 Å². The first-order valence-corrected chi connectivity index (χ1v) is 9.67. The van der Waals surface area contributed by atoms with Crippen LogP contribution in [0.3, 0.4) is 0 Å². The molecule has 4 rings (SSSR count). The highest BCUT2D eigenvalue weighted by atomic mass is 16.5. The monoisotopic (exact) mass is 380 g/mol. The van der Waals surface area contributed by atoms with Crippen molar-refractivity contribution >= 4 is 11.9 Å². The van der Waals surface area contributed by atoms with E-state index in [1.165, 1.54) is 11.1 Å². The van der Waals surface area contributed by atoms with E-state index in [2.05, 4.69) is 15.4 Å². The third kappa shape index (κ3) is 3.78. The van der Waals surface area contributed by atoms with Crippen LogP contribution in [0.1, 0.15) is 42.5 Å². The number of nitrogens with one attached hydrogen (secondary N) is 1. The molecule has 1 saturated carbocycles. The van der Waals surface area contributed by atoms with E-state index in [-0.39, 0.29) is 11.8 Å². The lowest BCUT2D eigenvalue weighted by atomic mass is 9.89. The van der Waals surface area contributed by atoms with E-state index in [0.717, 1.165) is 37.0 Å². The lowest BCUT2D eigenvalue weighted by molar-refractivity contribution is 0.0787. The number of methoxy groups -OCH3 is 1. The standard InChI is InChI=1S/C21H24N4O3/c1-27-17-11-6-5-10-16(17)14-22-21-23-19(18-12-7-13-28-18)24-25(21)20(26)15-8-3-2-4-9-15/h5-7,10-13,15H,2-4,8-9,14H2,1H3,(H,22,23,24). The van der Waals surface area contributed by atoms with Gasteiger partial charge < -0.3 is 14.5 Å². The third-order valence-corrected chi connectivity index (χ3v) is 5.14. The topological polar surface area (TPSA) is 82.2 Å². The van der Waals surface area contributed by atoms with Gasteiger partial charge in [0.25, 0.3) is 5.91 Å². The van der Waals surface area contributed by atoms with E-state index >= 15 is 0 Å². The number of carbonyl (C=O) groups is 1. The molecule has 7 nitrogen and oxygen atoms in total. The Balaban J connectivity index is 1.61. The molecule has 0 spiro atoms. The molecule has 3 aromatic rings. The molecule has 7 heteroatoms. The first-order valence-electron chi connectivity index (χ1n) is 9.67. The molecule has 1 aliphatic rings. The molecule has 1 aromatic carbocycles. The Kier molecular flexibility index (Phi) is 5.41. The van der Waals surface area contributed by atoms with Gasteiger partial charge >= 0.3 is 0 Å².